The number of carbonyl (C=O) groups is 1. The van der Waals surface area contributed by atoms with Gasteiger partial charge >= 0.3 is 0 Å². The van der Waals surface area contributed by atoms with Gasteiger partial charge < -0.3 is 16.2 Å². The first-order valence-electron chi connectivity index (χ1n) is 3.77. The van der Waals surface area contributed by atoms with E-state index in [4.69, 9.17) is 22.4 Å². The fourth-order valence-corrected chi connectivity index (χ4v) is 0.944. The zero-order valence-electron chi connectivity index (χ0n) is 7.14. The van der Waals surface area contributed by atoms with Crippen LogP contribution in [-0.2, 0) is 4.79 Å². The van der Waals surface area contributed by atoms with E-state index < -0.39 is 18.6 Å². The molecule has 1 heterocycles. The second-order valence-electron chi connectivity index (χ2n) is 2.51. The van der Waals surface area contributed by atoms with Crippen molar-refractivity contribution in [2.75, 3.05) is 11.9 Å². The quantitative estimate of drug-likeness (QED) is 0.623. The molecule has 0 bridgehead atoms. The SMILES string of the molecule is NC(=O)[C@H](CO)Nc1cncc(Cl)n1. The molecule has 0 saturated heterocycles. The highest BCUT2D eigenvalue weighted by atomic mass is 35.5. The molecule has 0 aliphatic rings. The standard InChI is InChI=1S/C7H9ClN4O2/c8-5-1-10-2-6(12-5)11-4(3-13)7(9)14/h1-2,4,13H,3H2,(H2,9,14)(H,11,12)/t4-/m0/s1. The third kappa shape index (κ3) is 2.82. The van der Waals surface area contributed by atoms with E-state index in [1.54, 1.807) is 0 Å². The summed E-state index contributed by atoms with van der Waals surface area (Å²) in [6.45, 7) is -0.413. The predicted molar refractivity (Wildman–Crippen MR) is 50.7 cm³/mol. The Bertz CT molecular complexity index is 333. The molecule has 1 aromatic rings. The number of anilines is 1. The second-order valence-corrected chi connectivity index (χ2v) is 2.90. The van der Waals surface area contributed by atoms with Crippen molar-refractivity contribution < 1.29 is 9.90 Å². The number of nitrogens with zero attached hydrogens (tertiary/aromatic N) is 2. The van der Waals surface area contributed by atoms with Gasteiger partial charge in [0.2, 0.25) is 5.91 Å². The van der Waals surface area contributed by atoms with E-state index >= 15 is 0 Å². The number of aromatic nitrogens is 2. The first-order valence-corrected chi connectivity index (χ1v) is 4.15. The topological polar surface area (TPSA) is 101 Å². The highest BCUT2D eigenvalue weighted by Crippen LogP contribution is 2.07. The van der Waals surface area contributed by atoms with Crippen molar-refractivity contribution in [2.45, 2.75) is 6.04 Å². The van der Waals surface area contributed by atoms with Gasteiger partial charge in [-0.15, -0.1) is 0 Å². The van der Waals surface area contributed by atoms with Crippen molar-refractivity contribution in [3.8, 4) is 0 Å². The van der Waals surface area contributed by atoms with Crippen LogP contribution in [-0.4, -0.2) is 33.6 Å². The molecule has 0 fully saturated rings. The van der Waals surface area contributed by atoms with Crippen molar-refractivity contribution in [1.29, 1.82) is 0 Å². The van der Waals surface area contributed by atoms with Gasteiger partial charge in [0.15, 0.2) is 0 Å². The lowest BCUT2D eigenvalue weighted by molar-refractivity contribution is -0.119. The Kier molecular flexibility index (Phi) is 3.61. The Morgan fingerprint density at radius 3 is 2.93 bits per heavy atom. The van der Waals surface area contributed by atoms with Crippen LogP contribution >= 0.6 is 11.6 Å². The van der Waals surface area contributed by atoms with Crippen LogP contribution in [0.2, 0.25) is 5.15 Å². The number of hydrogen-bond donors (Lipinski definition) is 3. The first kappa shape index (κ1) is 10.7. The molecule has 14 heavy (non-hydrogen) atoms. The summed E-state index contributed by atoms with van der Waals surface area (Å²) >= 11 is 5.56. The summed E-state index contributed by atoms with van der Waals surface area (Å²) in [6, 6.07) is -0.886. The molecular formula is C7H9ClN4O2. The molecule has 0 unspecified atom stereocenters. The van der Waals surface area contributed by atoms with Gasteiger partial charge in [0.25, 0.3) is 0 Å². The Labute approximate surface area is 85.1 Å². The minimum atomic E-state index is -0.886. The van der Waals surface area contributed by atoms with Crippen molar-refractivity contribution in [3.05, 3.63) is 17.5 Å². The third-order valence-electron chi connectivity index (χ3n) is 1.45. The number of carbonyl (C=O) groups excluding carboxylic acids is 1. The Morgan fingerprint density at radius 2 is 2.43 bits per heavy atom. The Hall–Kier alpha value is -1.40. The van der Waals surface area contributed by atoms with Crippen LogP contribution in [0.25, 0.3) is 0 Å². The van der Waals surface area contributed by atoms with Crippen molar-refractivity contribution in [2.24, 2.45) is 5.73 Å². The average molecular weight is 217 g/mol. The number of primary amides is 1. The molecule has 76 valence electrons. The highest BCUT2D eigenvalue weighted by molar-refractivity contribution is 6.29. The zero-order chi connectivity index (χ0) is 10.6. The van der Waals surface area contributed by atoms with E-state index in [1.165, 1.54) is 12.4 Å². The van der Waals surface area contributed by atoms with Gasteiger partial charge in [0.1, 0.15) is 17.0 Å². The van der Waals surface area contributed by atoms with Crippen LogP contribution in [0, 0.1) is 0 Å². The predicted octanol–water partition coefficient (Wildman–Crippen LogP) is -0.612. The lowest BCUT2D eigenvalue weighted by Gasteiger charge is -2.12. The maximum absolute atomic E-state index is 10.7. The maximum Gasteiger partial charge on any atom is 0.242 e. The number of hydrogen-bond acceptors (Lipinski definition) is 5. The summed E-state index contributed by atoms with van der Waals surface area (Å²) in [4.78, 5) is 18.3. The smallest absolute Gasteiger partial charge is 0.242 e. The van der Waals surface area contributed by atoms with E-state index in [2.05, 4.69) is 15.3 Å². The number of aliphatic hydroxyl groups excluding tert-OH is 1. The minimum absolute atomic E-state index is 0.191. The summed E-state index contributed by atoms with van der Waals surface area (Å²) in [5, 5.41) is 11.6. The Morgan fingerprint density at radius 1 is 1.71 bits per heavy atom. The molecule has 4 N–H and O–H groups in total. The average Bonchev–Trinajstić information content (AvgIpc) is 2.14. The molecule has 0 aliphatic carbocycles. The number of nitrogens with two attached hydrogens (primary N) is 1. The molecule has 0 saturated carbocycles. The molecule has 1 amide bonds. The van der Waals surface area contributed by atoms with Gasteiger partial charge in [0, 0.05) is 0 Å². The van der Waals surface area contributed by atoms with E-state index in [0.29, 0.717) is 0 Å². The molecule has 0 spiro atoms. The van der Waals surface area contributed by atoms with Crippen LogP contribution in [0.15, 0.2) is 12.4 Å². The van der Waals surface area contributed by atoms with E-state index in [1.807, 2.05) is 0 Å². The molecule has 6 nitrogen and oxygen atoms in total. The molecule has 1 atom stereocenters. The van der Waals surface area contributed by atoms with E-state index in [0.717, 1.165) is 0 Å². The largest absolute Gasteiger partial charge is 0.394 e. The van der Waals surface area contributed by atoms with E-state index in [9.17, 15) is 4.79 Å². The fourth-order valence-electron chi connectivity index (χ4n) is 0.797. The number of nitrogens with one attached hydrogen (secondary N) is 1. The summed E-state index contributed by atoms with van der Waals surface area (Å²) in [7, 11) is 0. The van der Waals surface area contributed by atoms with Crippen LogP contribution in [0.5, 0.6) is 0 Å². The summed E-state index contributed by atoms with van der Waals surface area (Å²) in [5.41, 5.74) is 4.99. The number of amides is 1. The number of aliphatic hydroxyl groups is 1. The maximum atomic E-state index is 10.7. The van der Waals surface area contributed by atoms with Crippen molar-refractivity contribution in [1.82, 2.24) is 9.97 Å². The van der Waals surface area contributed by atoms with Crippen LogP contribution in [0.4, 0.5) is 5.82 Å². The zero-order valence-corrected chi connectivity index (χ0v) is 7.90. The van der Waals surface area contributed by atoms with Gasteiger partial charge in [-0.25, -0.2) is 4.98 Å². The molecular weight excluding hydrogens is 208 g/mol. The highest BCUT2D eigenvalue weighted by Gasteiger charge is 2.13. The number of rotatable bonds is 4. The lowest BCUT2D eigenvalue weighted by Crippen LogP contribution is -2.38. The summed E-state index contributed by atoms with van der Waals surface area (Å²) in [5.74, 6) is -0.385. The minimum Gasteiger partial charge on any atom is -0.394 e. The van der Waals surface area contributed by atoms with Gasteiger partial charge in [-0.2, -0.15) is 0 Å². The molecule has 7 heteroatoms. The summed E-state index contributed by atoms with van der Waals surface area (Å²) in [6.07, 6.45) is 2.72. The molecule has 1 aromatic heterocycles. The Balaban J connectivity index is 2.72. The van der Waals surface area contributed by atoms with Gasteiger partial charge in [-0.05, 0) is 0 Å². The van der Waals surface area contributed by atoms with Gasteiger partial charge in [0.05, 0.1) is 19.0 Å². The monoisotopic (exact) mass is 216 g/mol. The van der Waals surface area contributed by atoms with Gasteiger partial charge in [-0.3, -0.25) is 9.78 Å². The van der Waals surface area contributed by atoms with Crippen LogP contribution in [0.1, 0.15) is 0 Å². The second kappa shape index (κ2) is 4.73. The number of halogens is 1. The summed E-state index contributed by atoms with van der Waals surface area (Å²) < 4.78 is 0. The molecule has 1 rings (SSSR count). The first-order chi connectivity index (χ1) is 6.63. The fraction of sp³-hybridized carbons (Fsp3) is 0.286. The van der Waals surface area contributed by atoms with Gasteiger partial charge in [-0.1, -0.05) is 11.6 Å². The van der Waals surface area contributed by atoms with Crippen LogP contribution < -0.4 is 11.1 Å². The molecule has 0 aromatic carbocycles. The molecule has 0 aliphatic heterocycles. The van der Waals surface area contributed by atoms with E-state index in [-0.39, 0.29) is 11.0 Å². The third-order valence-corrected chi connectivity index (χ3v) is 1.64. The van der Waals surface area contributed by atoms with Crippen molar-refractivity contribution >= 4 is 23.3 Å². The molecule has 0 radical (unpaired) electrons. The van der Waals surface area contributed by atoms with Crippen LogP contribution in [0.3, 0.4) is 0 Å². The normalized spacial score (nSPS) is 12.1. The lowest BCUT2D eigenvalue weighted by atomic mass is 10.3. The van der Waals surface area contributed by atoms with Crippen molar-refractivity contribution in [3.63, 3.8) is 0 Å².